The van der Waals surface area contributed by atoms with Gasteiger partial charge in [0.25, 0.3) is 0 Å². The maximum Gasteiger partial charge on any atom is 0.0520 e. The normalized spacial score (nSPS) is 23.0. The summed E-state index contributed by atoms with van der Waals surface area (Å²) in [7, 11) is 0. The summed E-state index contributed by atoms with van der Waals surface area (Å²) in [5, 5.41) is 0. The Kier molecular flexibility index (Phi) is 8.02. The fourth-order valence-electron chi connectivity index (χ4n) is 13.9. The first-order valence-electron chi connectivity index (χ1n) is 23.1. The fourth-order valence-corrected chi connectivity index (χ4v) is 13.9. The summed E-state index contributed by atoms with van der Waals surface area (Å²) in [6, 6.07) is 56.2. The highest BCUT2D eigenvalue weighted by Crippen LogP contribution is 2.61. The number of benzene rings is 7. The molecule has 302 valence electrons. The van der Waals surface area contributed by atoms with Gasteiger partial charge in [-0.3, -0.25) is 0 Å². The minimum absolute atomic E-state index is 0.0953. The lowest BCUT2D eigenvalue weighted by molar-refractivity contribution is -0.00518. The van der Waals surface area contributed by atoms with Crippen LogP contribution in [0.5, 0.6) is 0 Å². The molecule has 6 aliphatic carbocycles. The van der Waals surface area contributed by atoms with Crippen LogP contribution in [0.15, 0.2) is 146 Å². The highest BCUT2D eigenvalue weighted by molar-refractivity contribution is 5.90. The standard InChI is InChI=1S/C60H57N/c1-37-26-45(43-16-19-46(20-17-43)60-34-39-28-40(35-60)30-41(29-39)36-60)27-38(2)57(37)61(47-21-24-51-49-14-10-11-15-53(49)58(3,4)55(51)32-47)48-22-25-52-50-23-18-44(42-12-8-7-9-13-42)31-54(50)59(5,6)56(52)33-48/h7-27,31-33,39-41H,28-30,34-36H2,1-6H3. The Labute approximate surface area is 363 Å². The summed E-state index contributed by atoms with van der Waals surface area (Å²) in [5.41, 5.74) is 24.2. The molecule has 7 aromatic carbocycles. The van der Waals surface area contributed by atoms with E-state index in [0.717, 1.165) is 17.8 Å². The highest BCUT2D eigenvalue weighted by Gasteiger charge is 2.51. The molecule has 1 heteroatoms. The largest absolute Gasteiger partial charge is 0.310 e. The van der Waals surface area contributed by atoms with Gasteiger partial charge in [0.1, 0.15) is 0 Å². The molecule has 0 radical (unpaired) electrons. The van der Waals surface area contributed by atoms with Gasteiger partial charge in [-0.2, -0.15) is 0 Å². The Morgan fingerprint density at radius 2 is 0.869 bits per heavy atom. The monoisotopic (exact) mass is 791 g/mol. The number of hydrogen-bond donors (Lipinski definition) is 0. The van der Waals surface area contributed by atoms with E-state index in [-0.39, 0.29) is 10.8 Å². The first-order chi connectivity index (χ1) is 29.5. The Balaban J connectivity index is 0.963. The molecular weight excluding hydrogens is 735 g/mol. The molecule has 0 aromatic heterocycles. The van der Waals surface area contributed by atoms with Crippen molar-refractivity contribution in [2.75, 3.05) is 4.90 Å². The SMILES string of the molecule is Cc1cc(-c2ccc(C34CC5CC(CC(C5)C3)C4)cc2)cc(C)c1N(c1ccc2c(c1)C(C)(C)c1ccccc1-2)c1ccc2c(c1)C(C)(C)c1cc(-c3ccccc3)ccc1-2. The molecule has 0 saturated heterocycles. The van der Waals surface area contributed by atoms with Crippen LogP contribution in [0.1, 0.15) is 105 Å². The predicted molar refractivity (Wildman–Crippen MR) is 256 cm³/mol. The lowest BCUT2D eigenvalue weighted by Crippen LogP contribution is -2.48. The van der Waals surface area contributed by atoms with Crippen molar-refractivity contribution in [3.05, 3.63) is 185 Å². The molecule has 13 rings (SSSR count). The molecule has 0 spiro atoms. The number of aryl methyl sites for hydroxylation is 2. The zero-order valence-electron chi connectivity index (χ0n) is 36.8. The van der Waals surface area contributed by atoms with Crippen molar-refractivity contribution < 1.29 is 0 Å². The summed E-state index contributed by atoms with van der Waals surface area (Å²) in [4.78, 5) is 2.57. The van der Waals surface area contributed by atoms with Gasteiger partial charge in [-0.25, -0.2) is 0 Å². The van der Waals surface area contributed by atoms with Gasteiger partial charge in [0.05, 0.1) is 5.69 Å². The van der Waals surface area contributed by atoms with E-state index < -0.39 is 0 Å². The van der Waals surface area contributed by atoms with Gasteiger partial charge in [-0.1, -0.05) is 131 Å². The van der Waals surface area contributed by atoms with Gasteiger partial charge < -0.3 is 4.90 Å². The van der Waals surface area contributed by atoms with E-state index in [1.165, 1.54) is 133 Å². The second-order valence-corrected chi connectivity index (χ2v) is 21.0. The molecule has 4 fully saturated rings. The van der Waals surface area contributed by atoms with Crippen molar-refractivity contribution in [1.82, 2.24) is 0 Å². The van der Waals surface area contributed by atoms with Gasteiger partial charge in [0.2, 0.25) is 0 Å². The van der Waals surface area contributed by atoms with E-state index in [1.54, 1.807) is 5.56 Å². The summed E-state index contributed by atoms with van der Waals surface area (Å²) in [6.45, 7) is 14.3. The van der Waals surface area contributed by atoms with Crippen LogP contribution in [0.2, 0.25) is 0 Å². The van der Waals surface area contributed by atoms with E-state index in [9.17, 15) is 0 Å². The van der Waals surface area contributed by atoms with Crippen LogP contribution in [0.25, 0.3) is 44.5 Å². The number of anilines is 3. The van der Waals surface area contributed by atoms with Crippen LogP contribution >= 0.6 is 0 Å². The van der Waals surface area contributed by atoms with Crippen molar-refractivity contribution >= 4 is 17.1 Å². The molecule has 0 heterocycles. The molecule has 0 atom stereocenters. The topological polar surface area (TPSA) is 3.24 Å². The average molecular weight is 792 g/mol. The molecule has 6 aliphatic rings. The van der Waals surface area contributed by atoms with Crippen molar-refractivity contribution in [3.8, 4) is 44.5 Å². The third-order valence-electron chi connectivity index (χ3n) is 16.4. The highest BCUT2D eigenvalue weighted by atomic mass is 15.1. The summed E-state index contributed by atoms with van der Waals surface area (Å²) in [6.07, 6.45) is 8.70. The quantitative estimate of drug-likeness (QED) is 0.162. The van der Waals surface area contributed by atoms with Crippen molar-refractivity contribution in [3.63, 3.8) is 0 Å². The Morgan fingerprint density at radius 3 is 1.46 bits per heavy atom. The Bertz CT molecular complexity index is 2850. The summed E-state index contributed by atoms with van der Waals surface area (Å²) < 4.78 is 0. The average Bonchev–Trinajstić information content (AvgIpc) is 3.63. The summed E-state index contributed by atoms with van der Waals surface area (Å²) >= 11 is 0. The van der Waals surface area contributed by atoms with Crippen LogP contribution < -0.4 is 4.90 Å². The van der Waals surface area contributed by atoms with Gasteiger partial charge >= 0.3 is 0 Å². The lowest BCUT2D eigenvalue weighted by atomic mass is 9.48. The molecule has 7 aromatic rings. The Morgan fingerprint density at radius 1 is 0.410 bits per heavy atom. The first-order valence-corrected chi connectivity index (χ1v) is 23.1. The van der Waals surface area contributed by atoms with E-state index in [0.29, 0.717) is 5.41 Å². The van der Waals surface area contributed by atoms with Crippen LogP contribution in [0, 0.1) is 31.6 Å². The maximum absolute atomic E-state index is 2.57. The second-order valence-electron chi connectivity index (χ2n) is 21.0. The Hall–Kier alpha value is -5.66. The number of rotatable bonds is 6. The zero-order valence-corrected chi connectivity index (χ0v) is 36.8. The zero-order chi connectivity index (χ0) is 41.4. The molecule has 4 saturated carbocycles. The van der Waals surface area contributed by atoms with Gasteiger partial charge in [-0.05, 0) is 201 Å². The molecule has 61 heavy (non-hydrogen) atoms. The fraction of sp³-hybridized carbons (Fsp3) is 0.300. The number of hydrogen-bond acceptors (Lipinski definition) is 1. The molecule has 0 aliphatic heterocycles. The molecule has 0 amide bonds. The van der Waals surface area contributed by atoms with Crippen molar-refractivity contribution in [2.24, 2.45) is 17.8 Å². The molecule has 1 nitrogen and oxygen atoms in total. The third kappa shape index (κ3) is 5.58. The predicted octanol–water partition coefficient (Wildman–Crippen LogP) is 16.2. The molecule has 4 bridgehead atoms. The number of fused-ring (bicyclic) bond motifs is 6. The van der Waals surface area contributed by atoms with Crippen LogP contribution in [0.4, 0.5) is 17.1 Å². The van der Waals surface area contributed by atoms with E-state index >= 15 is 0 Å². The lowest BCUT2D eigenvalue weighted by Gasteiger charge is -2.57. The first kappa shape index (κ1) is 37.1. The number of nitrogens with zero attached hydrogens (tertiary/aromatic N) is 1. The van der Waals surface area contributed by atoms with Crippen LogP contribution in [0.3, 0.4) is 0 Å². The smallest absolute Gasteiger partial charge is 0.0520 e. The van der Waals surface area contributed by atoms with Gasteiger partial charge in [0, 0.05) is 22.2 Å². The van der Waals surface area contributed by atoms with E-state index in [1.807, 2.05) is 0 Å². The van der Waals surface area contributed by atoms with Gasteiger partial charge in [-0.15, -0.1) is 0 Å². The minimum Gasteiger partial charge on any atom is -0.310 e. The third-order valence-corrected chi connectivity index (χ3v) is 16.4. The van der Waals surface area contributed by atoms with E-state index in [4.69, 9.17) is 0 Å². The van der Waals surface area contributed by atoms with Crippen molar-refractivity contribution in [2.45, 2.75) is 96.3 Å². The molecule has 0 N–H and O–H groups in total. The molecule has 0 unspecified atom stereocenters. The van der Waals surface area contributed by atoms with Crippen LogP contribution in [-0.2, 0) is 16.2 Å². The van der Waals surface area contributed by atoms with Gasteiger partial charge in [0.15, 0.2) is 0 Å². The second kappa shape index (κ2) is 13.2. The van der Waals surface area contributed by atoms with E-state index in [2.05, 4.69) is 192 Å². The minimum atomic E-state index is -0.158. The van der Waals surface area contributed by atoms with Crippen LogP contribution in [-0.4, -0.2) is 0 Å². The summed E-state index contributed by atoms with van der Waals surface area (Å²) in [5.74, 6) is 2.87. The maximum atomic E-state index is 2.57. The van der Waals surface area contributed by atoms with Crippen molar-refractivity contribution in [1.29, 1.82) is 0 Å². The molecular formula is C60H57N.